The summed E-state index contributed by atoms with van der Waals surface area (Å²) in [6.45, 7) is 1.48. The Morgan fingerprint density at radius 1 is 1.24 bits per heavy atom. The normalized spacial score (nSPS) is 15.1. The standard InChI is InChI=1S/C18H18N8O2S/c1-28-12-3-2-4-13-16(12)19-18(29-13)20-17(27)11-7-9-25(10-8-11)15-6-5-14-21-23-24-26(14)22-15/h2-6,11H,7-10H2,1H3,(H,19,20,27). The van der Waals surface area contributed by atoms with E-state index < -0.39 is 0 Å². The van der Waals surface area contributed by atoms with Gasteiger partial charge in [-0.05, 0) is 47.5 Å². The highest BCUT2D eigenvalue weighted by Gasteiger charge is 2.26. The van der Waals surface area contributed by atoms with Crippen molar-refractivity contribution in [1.82, 2.24) is 30.2 Å². The average Bonchev–Trinajstić information content (AvgIpc) is 3.39. The van der Waals surface area contributed by atoms with E-state index in [1.54, 1.807) is 7.11 Å². The van der Waals surface area contributed by atoms with Gasteiger partial charge in [-0.2, -0.15) is 0 Å². The molecule has 1 aromatic carbocycles. The Balaban J connectivity index is 1.24. The highest BCUT2D eigenvalue weighted by Crippen LogP contribution is 2.32. The van der Waals surface area contributed by atoms with Crippen LogP contribution in [-0.2, 0) is 4.79 Å². The molecule has 1 N–H and O–H groups in total. The highest BCUT2D eigenvalue weighted by molar-refractivity contribution is 7.22. The van der Waals surface area contributed by atoms with Gasteiger partial charge in [-0.1, -0.05) is 17.4 Å². The maximum atomic E-state index is 12.7. The Hall–Kier alpha value is -3.34. The van der Waals surface area contributed by atoms with E-state index in [0.29, 0.717) is 16.5 Å². The third kappa shape index (κ3) is 3.33. The first-order valence-corrected chi connectivity index (χ1v) is 10.1. The van der Waals surface area contributed by atoms with Gasteiger partial charge >= 0.3 is 0 Å². The van der Waals surface area contributed by atoms with Gasteiger partial charge in [0.2, 0.25) is 5.91 Å². The fourth-order valence-corrected chi connectivity index (χ4v) is 4.41. The number of nitrogens with zero attached hydrogens (tertiary/aromatic N) is 7. The van der Waals surface area contributed by atoms with E-state index in [1.165, 1.54) is 16.0 Å². The smallest absolute Gasteiger partial charge is 0.229 e. The number of hydrogen-bond acceptors (Lipinski definition) is 9. The second-order valence-electron chi connectivity index (χ2n) is 6.79. The number of carbonyl (C=O) groups is 1. The number of tetrazole rings is 1. The minimum absolute atomic E-state index is 0.00607. The lowest BCUT2D eigenvalue weighted by Gasteiger charge is -2.31. The summed E-state index contributed by atoms with van der Waals surface area (Å²) in [5, 5.41) is 19.3. The molecule has 0 aliphatic carbocycles. The zero-order valence-corrected chi connectivity index (χ0v) is 16.5. The number of piperidine rings is 1. The van der Waals surface area contributed by atoms with Crippen LogP contribution >= 0.6 is 11.3 Å². The van der Waals surface area contributed by atoms with E-state index in [0.717, 1.165) is 42.0 Å². The van der Waals surface area contributed by atoms with Crippen LogP contribution in [0, 0.1) is 5.92 Å². The van der Waals surface area contributed by atoms with Crippen molar-refractivity contribution in [2.75, 3.05) is 30.4 Å². The van der Waals surface area contributed by atoms with Crippen LogP contribution < -0.4 is 15.0 Å². The molecule has 1 aliphatic rings. The molecular formula is C18H18N8O2S. The first kappa shape index (κ1) is 17.7. The lowest BCUT2D eigenvalue weighted by atomic mass is 9.96. The first-order valence-electron chi connectivity index (χ1n) is 9.26. The molecule has 4 heterocycles. The molecule has 10 nitrogen and oxygen atoms in total. The lowest BCUT2D eigenvalue weighted by molar-refractivity contribution is -0.120. The van der Waals surface area contributed by atoms with Crippen molar-refractivity contribution >= 4 is 44.1 Å². The second-order valence-corrected chi connectivity index (χ2v) is 7.83. The Kier molecular flexibility index (Phi) is 4.43. The van der Waals surface area contributed by atoms with E-state index in [2.05, 4.69) is 35.8 Å². The van der Waals surface area contributed by atoms with Gasteiger partial charge in [0.25, 0.3) is 0 Å². The lowest BCUT2D eigenvalue weighted by Crippen LogP contribution is -2.38. The summed E-state index contributed by atoms with van der Waals surface area (Å²) >= 11 is 1.45. The monoisotopic (exact) mass is 410 g/mol. The summed E-state index contributed by atoms with van der Waals surface area (Å²) in [5.74, 6) is 1.46. The Bertz CT molecular complexity index is 1180. The zero-order chi connectivity index (χ0) is 19.8. The molecule has 1 aliphatic heterocycles. The van der Waals surface area contributed by atoms with Gasteiger partial charge < -0.3 is 15.0 Å². The Labute approximate surface area is 169 Å². The first-order chi connectivity index (χ1) is 14.2. The molecule has 0 unspecified atom stereocenters. The number of para-hydroxylation sites is 1. The molecular weight excluding hydrogens is 392 g/mol. The molecule has 4 aromatic rings. The summed E-state index contributed by atoms with van der Waals surface area (Å²) < 4.78 is 7.74. The number of anilines is 2. The highest BCUT2D eigenvalue weighted by atomic mass is 32.1. The number of amides is 1. The van der Waals surface area contributed by atoms with Gasteiger partial charge in [-0.3, -0.25) is 4.79 Å². The maximum Gasteiger partial charge on any atom is 0.229 e. The summed E-state index contributed by atoms with van der Waals surface area (Å²) in [6, 6.07) is 9.49. The summed E-state index contributed by atoms with van der Waals surface area (Å²) in [5.41, 5.74) is 1.38. The van der Waals surface area contributed by atoms with Gasteiger partial charge in [-0.15, -0.1) is 14.8 Å². The number of fused-ring (bicyclic) bond motifs is 2. The van der Waals surface area contributed by atoms with Crippen LogP contribution in [0.1, 0.15) is 12.8 Å². The van der Waals surface area contributed by atoms with Gasteiger partial charge in [0, 0.05) is 19.0 Å². The van der Waals surface area contributed by atoms with Crippen LogP contribution in [0.5, 0.6) is 5.75 Å². The van der Waals surface area contributed by atoms with Crippen LogP contribution in [0.15, 0.2) is 30.3 Å². The molecule has 29 heavy (non-hydrogen) atoms. The Morgan fingerprint density at radius 3 is 2.93 bits per heavy atom. The fraction of sp³-hybridized carbons (Fsp3) is 0.333. The largest absolute Gasteiger partial charge is 0.494 e. The quantitative estimate of drug-likeness (QED) is 0.544. The van der Waals surface area contributed by atoms with Crippen LogP contribution in [0.25, 0.3) is 15.9 Å². The summed E-state index contributed by atoms with van der Waals surface area (Å²) in [7, 11) is 1.62. The van der Waals surface area contributed by atoms with E-state index >= 15 is 0 Å². The van der Waals surface area contributed by atoms with Crippen molar-refractivity contribution in [2.45, 2.75) is 12.8 Å². The number of nitrogens with one attached hydrogen (secondary N) is 1. The summed E-state index contributed by atoms with van der Waals surface area (Å²) in [4.78, 5) is 19.4. The van der Waals surface area contributed by atoms with Gasteiger partial charge in [0.05, 0.1) is 11.8 Å². The minimum atomic E-state index is -0.0584. The molecule has 11 heteroatoms. The van der Waals surface area contributed by atoms with Crippen molar-refractivity contribution in [1.29, 1.82) is 0 Å². The van der Waals surface area contributed by atoms with Gasteiger partial charge in [-0.25, -0.2) is 4.98 Å². The molecule has 1 amide bonds. The number of rotatable bonds is 4. The van der Waals surface area contributed by atoms with Gasteiger partial charge in [0.15, 0.2) is 16.6 Å². The van der Waals surface area contributed by atoms with Crippen molar-refractivity contribution < 1.29 is 9.53 Å². The van der Waals surface area contributed by atoms with Crippen LogP contribution in [-0.4, -0.2) is 56.3 Å². The van der Waals surface area contributed by atoms with Crippen molar-refractivity contribution in [2.24, 2.45) is 5.92 Å². The third-order valence-electron chi connectivity index (χ3n) is 5.08. The summed E-state index contributed by atoms with van der Waals surface area (Å²) in [6.07, 6.45) is 1.49. The van der Waals surface area contributed by atoms with Gasteiger partial charge in [0.1, 0.15) is 11.3 Å². The predicted molar refractivity (Wildman–Crippen MR) is 108 cm³/mol. The van der Waals surface area contributed by atoms with Crippen molar-refractivity contribution in [3.05, 3.63) is 30.3 Å². The zero-order valence-electron chi connectivity index (χ0n) is 15.6. The number of thiazole rings is 1. The van der Waals surface area contributed by atoms with Crippen LogP contribution in [0.4, 0.5) is 10.9 Å². The van der Waals surface area contributed by atoms with E-state index in [9.17, 15) is 4.79 Å². The van der Waals surface area contributed by atoms with E-state index in [-0.39, 0.29) is 11.8 Å². The molecule has 5 rings (SSSR count). The molecule has 0 spiro atoms. The number of ether oxygens (including phenoxy) is 1. The second kappa shape index (κ2) is 7.24. The predicted octanol–water partition coefficient (Wildman–Crippen LogP) is 1.99. The SMILES string of the molecule is COc1cccc2sc(NC(=O)C3CCN(c4ccc5nnnn5n4)CC3)nc12. The van der Waals surface area contributed by atoms with Crippen molar-refractivity contribution in [3.63, 3.8) is 0 Å². The number of benzene rings is 1. The topological polar surface area (TPSA) is 110 Å². The molecule has 0 saturated carbocycles. The van der Waals surface area contributed by atoms with Crippen LogP contribution in [0.2, 0.25) is 0 Å². The number of carbonyl (C=O) groups excluding carboxylic acids is 1. The molecule has 0 radical (unpaired) electrons. The molecule has 1 saturated heterocycles. The molecule has 148 valence electrons. The van der Waals surface area contributed by atoms with Crippen molar-refractivity contribution in [3.8, 4) is 5.75 Å². The average molecular weight is 410 g/mol. The third-order valence-corrected chi connectivity index (χ3v) is 6.01. The minimum Gasteiger partial charge on any atom is -0.494 e. The molecule has 0 atom stereocenters. The molecule has 3 aromatic heterocycles. The number of aromatic nitrogens is 6. The van der Waals surface area contributed by atoms with Crippen LogP contribution in [0.3, 0.4) is 0 Å². The Morgan fingerprint density at radius 2 is 2.10 bits per heavy atom. The number of hydrogen-bond donors (Lipinski definition) is 1. The number of methoxy groups -OCH3 is 1. The molecule has 1 fully saturated rings. The van der Waals surface area contributed by atoms with E-state index in [1.807, 2.05) is 30.3 Å². The van der Waals surface area contributed by atoms with E-state index in [4.69, 9.17) is 4.74 Å². The fourth-order valence-electron chi connectivity index (χ4n) is 3.53. The maximum absolute atomic E-state index is 12.7. The molecule has 0 bridgehead atoms.